The Morgan fingerprint density at radius 2 is 0.722 bits per heavy atom. The van der Waals surface area contributed by atoms with Gasteiger partial charge >= 0.3 is 0 Å². The van der Waals surface area contributed by atoms with Gasteiger partial charge in [0.1, 0.15) is 21.5 Å². The molecule has 2 heterocycles. The molecule has 2 N–H and O–H groups in total. The minimum absolute atomic E-state index is 0. The molecule has 6 nitrogen and oxygen atoms in total. The molecule has 0 unspecified atom stereocenters. The van der Waals surface area contributed by atoms with E-state index in [2.05, 4.69) is 252 Å². The summed E-state index contributed by atoms with van der Waals surface area (Å²) >= 11 is 3.39. The van der Waals surface area contributed by atoms with Gasteiger partial charge in [0.2, 0.25) is 0 Å². The number of rotatable bonds is 10. The number of para-hydroxylation sites is 2. The summed E-state index contributed by atoms with van der Waals surface area (Å²) in [6, 6.07) is 73.6. The van der Waals surface area contributed by atoms with Crippen molar-refractivity contribution in [2.45, 2.75) is 157 Å². The first-order valence-corrected chi connectivity index (χ1v) is 35.0. The van der Waals surface area contributed by atoms with Crippen LogP contribution in [0.15, 0.2) is 210 Å². The van der Waals surface area contributed by atoms with Crippen LogP contribution < -0.4 is 0 Å². The summed E-state index contributed by atoms with van der Waals surface area (Å²) in [6.07, 6.45) is 3.52. The van der Waals surface area contributed by atoms with Crippen LogP contribution in [0.4, 0.5) is 11.4 Å². The summed E-state index contributed by atoms with van der Waals surface area (Å²) in [5.74, 6) is 0.433. The Hall–Kier alpha value is -8.39. The van der Waals surface area contributed by atoms with Crippen LogP contribution in [-0.4, -0.2) is 32.6 Å². The monoisotopic (exact) mass is 1490 g/mol. The number of phenols is 2. The van der Waals surface area contributed by atoms with Crippen molar-refractivity contribution in [3.8, 4) is 77.1 Å². The molecule has 12 aromatic rings. The normalized spacial score (nSPS) is 12.6. The van der Waals surface area contributed by atoms with Crippen molar-refractivity contribution in [2.24, 2.45) is 9.98 Å². The van der Waals surface area contributed by atoms with E-state index in [0.29, 0.717) is 11.1 Å². The average Bonchev–Trinajstić information content (AvgIpc) is 1.66. The van der Waals surface area contributed by atoms with Crippen molar-refractivity contribution in [2.75, 3.05) is 0 Å². The van der Waals surface area contributed by atoms with Gasteiger partial charge in [-0.25, -0.2) is 9.97 Å². The second-order valence-corrected chi connectivity index (χ2v) is 33.7. The van der Waals surface area contributed by atoms with E-state index in [4.69, 9.17) is 20.0 Å². The number of hydrogen-bond acceptors (Lipinski definition) is 8. The standard InChI is InChI=1S/C44H46N2OS.C44H45N2OS.Pt/c2*1-42(2,3)32-19-17-28(18-20-32)29-13-12-14-30(23-29)36-25-34(44(7,8)9)26-39-40(36)46-41(48-39)35-15-10-11-16-37(35)45-27-31-24-33(43(4,5)6)21-22-38(31)47;/h10-27,47H,1-9H3;10-13,15-27,47H,1-9H3;/q;-1;. The quantitative estimate of drug-likeness (QED) is 0.105. The Morgan fingerprint density at radius 3 is 1.15 bits per heavy atom. The SMILES string of the molecule is CC(C)(C)c1ccc(-c2cc[c-]c(-c3cc(C(C)(C)C)cc4sc(-c5ccccc5N=Cc5cc(C(C)(C)C)ccc5O)nc34)c2)cc1.CC(C)(C)c1ccc(-c2cccc(-c3cc(C(C)(C)C)cc4sc(-c5ccccc5N=Cc5cc(C(C)(C)C)ccc5O)nc34)c2)cc1.[Pt]. The molecule has 0 aliphatic rings. The van der Waals surface area contributed by atoms with Gasteiger partial charge in [0.25, 0.3) is 0 Å². The molecule has 10 aromatic carbocycles. The molecule has 0 atom stereocenters. The van der Waals surface area contributed by atoms with Crippen molar-refractivity contribution in [1.82, 2.24) is 9.97 Å². The molecule has 12 rings (SSSR count). The van der Waals surface area contributed by atoms with E-state index in [1.165, 1.54) is 38.9 Å². The zero-order chi connectivity index (χ0) is 68.9. The molecule has 2 aromatic heterocycles. The van der Waals surface area contributed by atoms with Crippen LogP contribution in [0.1, 0.15) is 169 Å². The van der Waals surface area contributed by atoms with Crippen LogP contribution >= 0.6 is 22.7 Å². The molecule has 0 spiro atoms. The molecule has 0 fully saturated rings. The van der Waals surface area contributed by atoms with Crippen LogP contribution in [0.25, 0.3) is 86.1 Å². The van der Waals surface area contributed by atoms with Gasteiger partial charge < -0.3 is 10.2 Å². The number of phenolic OH excluding ortho intramolecular Hbond substituents is 2. The third-order valence-corrected chi connectivity index (χ3v) is 20.0. The summed E-state index contributed by atoms with van der Waals surface area (Å²) in [5.41, 5.74) is 23.6. The van der Waals surface area contributed by atoms with E-state index >= 15 is 0 Å². The fourth-order valence-electron chi connectivity index (χ4n) is 11.6. The van der Waals surface area contributed by atoms with Gasteiger partial charge in [-0.15, -0.1) is 58.1 Å². The minimum atomic E-state index is -0.0424. The van der Waals surface area contributed by atoms with Crippen LogP contribution in [0.3, 0.4) is 0 Å². The summed E-state index contributed by atoms with van der Waals surface area (Å²) in [5, 5.41) is 23.1. The fraction of sp³-hybridized carbons (Fsp3) is 0.273. The van der Waals surface area contributed by atoms with Crippen molar-refractivity contribution in [1.29, 1.82) is 0 Å². The zero-order valence-corrected chi connectivity index (χ0v) is 63.4. The van der Waals surface area contributed by atoms with Gasteiger partial charge in [0, 0.05) is 71.5 Å². The van der Waals surface area contributed by atoms with Gasteiger partial charge in [0.05, 0.1) is 21.6 Å². The second-order valence-electron chi connectivity index (χ2n) is 31.6. The summed E-state index contributed by atoms with van der Waals surface area (Å²) < 4.78 is 2.29. The maximum absolute atomic E-state index is 10.6. The van der Waals surface area contributed by atoms with Crippen molar-refractivity contribution in [3.63, 3.8) is 0 Å². The molecule has 0 saturated carbocycles. The number of fused-ring (bicyclic) bond motifs is 2. The second kappa shape index (κ2) is 27.9. The number of aromatic hydroxyl groups is 2. The number of benzene rings is 10. The van der Waals surface area contributed by atoms with Crippen LogP contribution in [0.5, 0.6) is 11.5 Å². The Bertz CT molecular complexity index is 4580. The fourth-order valence-corrected chi connectivity index (χ4v) is 13.8. The van der Waals surface area contributed by atoms with Crippen LogP contribution in [-0.2, 0) is 53.6 Å². The van der Waals surface area contributed by atoms with Crippen molar-refractivity contribution < 1.29 is 31.3 Å². The van der Waals surface area contributed by atoms with Crippen LogP contribution in [0.2, 0.25) is 0 Å². The van der Waals surface area contributed by atoms with Gasteiger partial charge in [-0.1, -0.05) is 239 Å². The third kappa shape index (κ3) is 16.4. The largest absolute Gasteiger partial charge is 0.507 e. The number of nitrogens with zero attached hydrogens (tertiary/aromatic N) is 4. The third-order valence-electron chi connectivity index (χ3n) is 17.9. The average molecular weight is 1500 g/mol. The van der Waals surface area contributed by atoms with Gasteiger partial charge in [-0.2, -0.15) is 0 Å². The summed E-state index contributed by atoms with van der Waals surface area (Å²) in [4.78, 5) is 20.4. The molecular formula is C88H91N4O2PtS2-. The van der Waals surface area contributed by atoms with Crippen LogP contribution in [0, 0.1) is 6.07 Å². The first-order valence-electron chi connectivity index (χ1n) is 33.3. The smallest absolute Gasteiger partial charge is 0.126 e. The first kappa shape index (κ1) is 71.4. The summed E-state index contributed by atoms with van der Waals surface area (Å²) in [6.45, 7) is 40.1. The predicted octanol–water partition coefficient (Wildman–Crippen LogP) is 25.1. The molecule has 0 aliphatic heterocycles. The van der Waals surface area contributed by atoms with E-state index in [-0.39, 0.29) is 65.1 Å². The Balaban J connectivity index is 0.000000208. The van der Waals surface area contributed by atoms with Gasteiger partial charge in [0.15, 0.2) is 0 Å². The maximum atomic E-state index is 10.6. The van der Waals surface area contributed by atoms with Gasteiger partial charge in [-0.05, 0) is 161 Å². The van der Waals surface area contributed by atoms with Gasteiger partial charge in [-0.3, -0.25) is 9.98 Å². The Morgan fingerprint density at radius 1 is 0.340 bits per heavy atom. The molecule has 498 valence electrons. The number of aromatic nitrogens is 2. The topological polar surface area (TPSA) is 91.0 Å². The predicted molar refractivity (Wildman–Crippen MR) is 414 cm³/mol. The van der Waals surface area contributed by atoms with E-state index < -0.39 is 0 Å². The van der Waals surface area contributed by atoms with Crippen molar-refractivity contribution in [3.05, 3.63) is 251 Å². The van der Waals surface area contributed by atoms with E-state index in [9.17, 15) is 10.2 Å². The number of aliphatic imine (C=N–C) groups is 2. The van der Waals surface area contributed by atoms with E-state index in [0.717, 1.165) is 91.9 Å². The molecule has 9 heteroatoms. The molecule has 0 saturated heterocycles. The molecule has 0 bridgehead atoms. The first-order chi connectivity index (χ1) is 45.1. The Kier molecular flexibility index (Phi) is 20.5. The van der Waals surface area contributed by atoms with E-state index in [1.807, 2.05) is 66.7 Å². The van der Waals surface area contributed by atoms with E-state index in [1.54, 1.807) is 47.2 Å². The molecule has 0 amide bonds. The number of thiazole rings is 2. The zero-order valence-electron chi connectivity index (χ0n) is 59.5. The molecule has 97 heavy (non-hydrogen) atoms. The Labute approximate surface area is 598 Å². The molecular weight excluding hydrogens is 1400 g/mol. The maximum Gasteiger partial charge on any atom is 0.126 e. The minimum Gasteiger partial charge on any atom is -0.507 e. The number of hydrogen-bond donors (Lipinski definition) is 2. The molecule has 0 radical (unpaired) electrons. The summed E-state index contributed by atoms with van der Waals surface area (Å²) in [7, 11) is 0. The molecule has 0 aliphatic carbocycles. The van der Waals surface area contributed by atoms with Crippen molar-refractivity contribution >= 4 is 66.9 Å².